The van der Waals surface area contributed by atoms with E-state index in [1.165, 1.54) is 4.31 Å². The van der Waals surface area contributed by atoms with Crippen LogP contribution in [0.15, 0.2) is 42.7 Å². The van der Waals surface area contributed by atoms with Gasteiger partial charge in [-0.2, -0.15) is 4.31 Å². The number of rotatable bonds is 6. The first kappa shape index (κ1) is 25.7. The van der Waals surface area contributed by atoms with Crippen molar-refractivity contribution in [2.45, 2.75) is 37.6 Å². The van der Waals surface area contributed by atoms with Gasteiger partial charge in [-0.05, 0) is 49.1 Å². The first-order valence-electron chi connectivity index (χ1n) is 12.7. The van der Waals surface area contributed by atoms with Crippen LogP contribution in [0.25, 0.3) is 10.9 Å². The number of likely N-dealkylation sites (tertiary alicyclic amines) is 1. The number of fused-ring (bicyclic) bond motifs is 4. The minimum atomic E-state index is -3.59. The number of amides is 1. The highest BCUT2D eigenvalue weighted by Gasteiger charge is 2.51. The molecule has 10 heteroatoms. The molecule has 0 bridgehead atoms. The molecule has 1 spiro atoms. The van der Waals surface area contributed by atoms with E-state index >= 15 is 0 Å². The summed E-state index contributed by atoms with van der Waals surface area (Å²) in [6.45, 7) is 2.69. The molecule has 9 nitrogen and oxygen atoms in total. The second-order valence-corrected chi connectivity index (χ2v) is 12.3. The molecule has 4 heterocycles. The van der Waals surface area contributed by atoms with Crippen LogP contribution in [0.2, 0.25) is 0 Å². The van der Waals surface area contributed by atoms with Crippen LogP contribution >= 0.6 is 0 Å². The van der Waals surface area contributed by atoms with Crippen molar-refractivity contribution < 1.29 is 23.1 Å². The molecular weight excluding hydrogens is 492 g/mol. The average molecular weight is 527 g/mol. The molecule has 198 valence electrons. The number of piperidine rings is 1. The first-order chi connectivity index (χ1) is 17.7. The molecule has 0 radical (unpaired) electrons. The maximum atomic E-state index is 13.3. The van der Waals surface area contributed by atoms with E-state index in [9.17, 15) is 18.3 Å². The molecule has 0 unspecified atom stereocenters. The van der Waals surface area contributed by atoms with Gasteiger partial charge in [0.25, 0.3) is 0 Å². The third-order valence-corrected chi connectivity index (χ3v) is 9.98. The number of aromatic nitrogens is 2. The standard InChI is InChI=1S/C27H34N4O5S/c1-4-37(34,35)31-18-27(9-12-30(13-10-27)24(33)14-19-6-5-11-28-16-19)25-21-8-7-20(36-3)15-22(21)29(2)26(25)23(31)17-32/h5-8,11,15-16,23,32H,4,9-10,12-14,17-18H2,1-3H3/t23-/m1/s1. The molecule has 0 saturated carbocycles. The summed E-state index contributed by atoms with van der Waals surface area (Å²) in [6.07, 6.45) is 4.97. The van der Waals surface area contributed by atoms with Gasteiger partial charge < -0.3 is 19.3 Å². The van der Waals surface area contributed by atoms with Gasteiger partial charge in [0.1, 0.15) is 5.75 Å². The van der Waals surface area contributed by atoms with E-state index < -0.39 is 21.5 Å². The van der Waals surface area contributed by atoms with E-state index in [4.69, 9.17) is 4.74 Å². The summed E-state index contributed by atoms with van der Waals surface area (Å²) in [4.78, 5) is 19.1. The van der Waals surface area contributed by atoms with Gasteiger partial charge >= 0.3 is 0 Å². The molecule has 1 N–H and O–H groups in total. The van der Waals surface area contributed by atoms with Crippen molar-refractivity contribution >= 4 is 26.8 Å². The van der Waals surface area contributed by atoms with E-state index in [-0.39, 0.29) is 24.8 Å². The van der Waals surface area contributed by atoms with Crippen molar-refractivity contribution in [1.82, 2.24) is 18.8 Å². The Morgan fingerprint density at radius 2 is 2.00 bits per heavy atom. The molecule has 1 aromatic carbocycles. The fourth-order valence-electron chi connectivity index (χ4n) is 6.15. The Labute approximate surface area is 217 Å². The number of carbonyl (C=O) groups excluding carboxylic acids is 1. The lowest BCUT2D eigenvalue weighted by Crippen LogP contribution is -2.56. The quantitative estimate of drug-likeness (QED) is 0.529. The van der Waals surface area contributed by atoms with E-state index in [2.05, 4.69) is 4.98 Å². The maximum absolute atomic E-state index is 13.3. The fraction of sp³-hybridized carbons (Fsp3) is 0.481. The topological polar surface area (TPSA) is 105 Å². The van der Waals surface area contributed by atoms with Gasteiger partial charge in [-0.25, -0.2) is 8.42 Å². The third kappa shape index (κ3) is 4.30. The Hall–Kier alpha value is -2.95. The van der Waals surface area contributed by atoms with E-state index in [1.54, 1.807) is 26.4 Å². The monoisotopic (exact) mass is 526 g/mol. The molecule has 0 aliphatic carbocycles. The van der Waals surface area contributed by atoms with Crippen LogP contribution in [-0.4, -0.2) is 77.3 Å². The Bertz CT molecular complexity index is 1410. The number of hydrogen-bond acceptors (Lipinski definition) is 6. The molecular formula is C27H34N4O5S. The summed E-state index contributed by atoms with van der Waals surface area (Å²) in [5.41, 5.74) is 3.26. The number of sulfonamides is 1. The zero-order valence-corrected chi connectivity index (χ0v) is 22.4. The lowest BCUT2D eigenvalue weighted by atomic mass is 9.68. The summed E-state index contributed by atoms with van der Waals surface area (Å²) >= 11 is 0. The predicted octanol–water partition coefficient (Wildman–Crippen LogP) is 2.38. The van der Waals surface area contributed by atoms with Gasteiger partial charge in [0, 0.05) is 61.6 Å². The van der Waals surface area contributed by atoms with Gasteiger partial charge in [0.15, 0.2) is 0 Å². The number of hydrogen-bond donors (Lipinski definition) is 1. The maximum Gasteiger partial charge on any atom is 0.227 e. The summed E-state index contributed by atoms with van der Waals surface area (Å²) in [6, 6.07) is 8.98. The number of benzene rings is 1. The molecule has 3 aromatic rings. The largest absolute Gasteiger partial charge is 0.497 e. The minimum Gasteiger partial charge on any atom is -0.497 e. The summed E-state index contributed by atoms with van der Waals surface area (Å²) in [7, 11) is -0.0473. The van der Waals surface area contributed by atoms with Gasteiger partial charge in [-0.3, -0.25) is 9.78 Å². The number of pyridine rings is 1. The van der Waals surface area contributed by atoms with E-state index in [0.29, 0.717) is 38.1 Å². The van der Waals surface area contributed by atoms with Gasteiger partial charge in [-0.15, -0.1) is 0 Å². The van der Waals surface area contributed by atoms with Crippen molar-refractivity contribution in [3.63, 3.8) is 0 Å². The normalized spacial score (nSPS) is 19.8. The molecule has 1 atom stereocenters. The van der Waals surface area contributed by atoms with Crippen molar-refractivity contribution in [1.29, 1.82) is 0 Å². The highest BCUT2D eigenvalue weighted by atomic mass is 32.2. The second kappa shape index (κ2) is 9.74. The number of carbonyl (C=O) groups is 1. The van der Waals surface area contributed by atoms with Crippen LogP contribution < -0.4 is 4.74 Å². The Balaban J connectivity index is 1.56. The van der Waals surface area contributed by atoms with E-state index in [0.717, 1.165) is 27.7 Å². The highest BCUT2D eigenvalue weighted by Crippen LogP contribution is 2.50. The molecule has 37 heavy (non-hydrogen) atoms. The van der Waals surface area contributed by atoms with Crippen LogP contribution in [0.5, 0.6) is 5.75 Å². The molecule has 1 saturated heterocycles. The summed E-state index contributed by atoms with van der Waals surface area (Å²) < 4.78 is 35.5. The predicted molar refractivity (Wildman–Crippen MR) is 141 cm³/mol. The van der Waals surface area contributed by atoms with Gasteiger partial charge in [-0.1, -0.05) is 6.07 Å². The molecule has 2 aromatic heterocycles. The number of aliphatic hydroxyl groups is 1. The van der Waals surface area contributed by atoms with Crippen LogP contribution in [0.1, 0.15) is 42.6 Å². The molecule has 2 aliphatic heterocycles. The second-order valence-electron chi connectivity index (χ2n) is 10.0. The third-order valence-electron chi connectivity index (χ3n) is 8.15. The van der Waals surface area contributed by atoms with Crippen LogP contribution in [0, 0.1) is 0 Å². The highest BCUT2D eigenvalue weighted by molar-refractivity contribution is 7.89. The van der Waals surface area contributed by atoms with E-state index in [1.807, 2.05) is 46.8 Å². The number of aryl methyl sites for hydroxylation is 1. The van der Waals surface area contributed by atoms with Crippen LogP contribution in [0.3, 0.4) is 0 Å². The Morgan fingerprint density at radius 1 is 1.24 bits per heavy atom. The molecule has 1 amide bonds. The number of methoxy groups -OCH3 is 1. The minimum absolute atomic E-state index is 0.0393. The Kier molecular flexibility index (Phi) is 6.76. The first-order valence-corrected chi connectivity index (χ1v) is 14.3. The van der Waals surface area contributed by atoms with Crippen molar-refractivity contribution in [2.24, 2.45) is 7.05 Å². The molecule has 1 fully saturated rings. The number of ether oxygens (including phenoxy) is 1. The number of aliphatic hydroxyl groups excluding tert-OH is 1. The molecule has 2 aliphatic rings. The summed E-state index contributed by atoms with van der Waals surface area (Å²) in [5.74, 6) is 0.726. The average Bonchev–Trinajstić information content (AvgIpc) is 3.22. The lowest BCUT2D eigenvalue weighted by molar-refractivity contribution is -0.132. The smallest absolute Gasteiger partial charge is 0.227 e. The Morgan fingerprint density at radius 3 is 2.62 bits per heavy atom. The lowest BCUT2D eigenvalue weighted by Gasteiger charge is -2.50. The van der Waals surface area contributed by atoms with Crippen LogP contribution in [0.4, 0.5) is 0 Å². The van der Waals surface area contributed by atoms with Crippen molar-refractivity contribution in [3.05, 3.63) is 59.5 Å². The van der Waals surface area contributed by atoms with Gasteiger partial charge in [0.05, 0.1) is 37.4 Å². The SMILES string of the molecule is CCS(=O)(=O)N1CC2(CCN(C(=O)Cc3cccnc3)CC2)c2c(n(C)c3cc(OC)ccc23)[C@H]1CO. The van der Waals surface area contributed by atoms with Crippen LogP contribution in [-0.2, 0) is 33.7 Å². The molecule has 5 rings (SSSR count). The summed E-state index contributed by atoms with van der Waals surface area (Å²) in [5, 5.41) is 11.5. The van der Waals surface area contributed by atoms with Crippen molar-refractivity contribution in [2.75, 3.05) is 39.1 Å². The zero-order chi connectivity index (χ0) is 26.4. The van der Waals surface area contributed by atoms with Crippen molar-refractivity contribution in [3.8, 4) is 5.75 Å². The van der Waals surface area contributed by atoms with Gasteiger partial charge in [0.2, 0.25) is 15.9 Å². The fourth-order valence-corrected chi connectivity index (χ4v) is 7.48. The zero-order valence-electron chi connectivity index (χ0n) is 21.6. The number of nitrogens with zero attached hydrogens (tertiary/aromatic N) is 4.